The summed E-state index contributed by atoms with van der Waals surface area (Å²) < 4.78 is 13.5. The van der Waals surface area contributed by atoms with Crippen LogP contribution < -0.4 is 5.32 Å². The fraction of sp³-hybridized carbons (Fsp3) is 0.0357. The third-order valence-electron chi connectivity index (χ3n) is 5.25. The molecule has 4 aromatic rings. The molecule has 0 aromatic heterocycles. The van der Waals surface area contributed by atoms with Gasteiger partial charge in [0.1, 0.15) is 5.82 Å². The lowest BCUT2D eigenvalue weighted by Crippen LogP contribution is -2.29. The number of ketones is 1. The molecule has 4 rings (SSSR count). The van der Waals surface area contributed by atoms with Crippen molar-refractivity contribution in [3.63, 3.8) is 0 Å². The van der Waals surface area contributed by atoms with E-state index in [0.717, 1.165) is 0 Å². The van der Waals surface area contributed by atoms with Crippen molar-refractivity contribution >= 4 is 35.3 Å². The number of halogens is 2. The Kier molecular flexibility index (Phi) is 7.25. The maximum Gasteiger partial charge on any atom is 0.237 e. The first kappa shape index (κ1) is 23.1. The van der Waals surface area contributed by atoms with Crippen molar-refractivity contribution in [2.45, 2.75) is 5.92 Å². The topological polar surface area (TPSA) is 58.5 Å². The van der Waals surface area contributed by atoms with Gasteiger partial charge in [-0.15, -0.1) is 0 Å². The van der Waals surface area contributed by atoms with Crippen LogP contribution in [-0.2, 0) is 4.79 Å². The Labute approximate surface area is 201 Å². The molecule has 6 heteroatoms. The SMILES string of the molecule is O=C(c1ccccc1)c1ccc([C@@H](C(=O)NC=Nc2ccc(Cl)cc2)c2ccc(F)cc2)cc1. The van der Waals surface area contributed by atoms with Gasteiger partial charge in [0.2, 0.25) is 5.91 Å². The highest BCUT2D eigenvalue weighted by molar-refractivity contribution is 6.30. The average molecular weight is 471 g/mol. The number of nitrogens with zero attached hydrogens (tertiary/aromatic N) is 1. The molecular formula is C28H20ClFN2O2. The van der Waals surface area contributed by atoms with Crippen molar-refractivity contribution in [2.24, 2.45) is 4.99 Å². The lowest BCUT2D eigenvalue weighted by atomic mass is 9.89. The Balaban J connectivity index is 1.58. The van der Waals surface area contributed by atoms with E-state index in [9.17, 15) is 14.0 Å². The molecule has 34 heavy (non-hydrogen) atoms. The largest absolute Gasteiger partial charge is 0.316 e. The number of carbonyl (C=O) groups excluding carboxylic acids is 2. The van der Waals surface area contributed by atoms with Gasteiger partial charge in [0.15, 0.2) is 5.78 Å². The van der Waals surface area contributed by atoms with Gasteiger partial charge in [-0.3, -0.25) is 9.59 Å². The Hall–Kier alpha value is -4.09. The summed E-state index contributed by atoms with van der Waals surface area (Å²) in [5, 5.41) is 3.29. The third-order valence-corrected chi connectivity index (χ3v) is 5.51. The number of carbonyl (C=O) groups is 2. The predicted molar refractivity (Wildman–Crippen MR) is 132 cm³/mol. The number of rotatable bonds is 7. The van der Waals surface area contributed by atoms with Crippen molar-refractivity contribution in [1.29, 1.82) is 0 Å². The highest BCUT2D eigenvalue weighted by atomic mass is 35.5. The first-order chi connectivity index (χ1) is 16.5. The molecule has 0 aliphatic heterocycles. The number of nitrogens with one attached hydrogen (secondary N) is 1. The van der Waals surface area contributed by atoms with Crippen LogP contribution in [-0.4, -0.2) is 18.0 Å². The van der Waals surface area contributed by atoms with E-state index in [1.54, 1.807) is 72.8 Å². The normalized spacial score (nSPS) is 11.8. The van der Waals surface area contributed by atoms with Gasteiger partial charge in [-0.1, -0.05) is 78.3 Å². The molecule has 0 unspecified atom stereocenters. The smallest absolute Gasteiger partial charge is 0.237 e. The van der Waals surface area contributed by atoms with Gasteiger partial charge in [-0.05, 0) is 47.5 Å². The van der Waals surface area contributed by atoms with Gasteiger partial charge in [-0.2, -0.15) is 0 Å². The summed E-state index contributed by atoms with van der Waals surface area (Å²) in [4.78, 5) is 30.1. The number of hydrogen-bond acceptors (Lipinski definition) is 3. The highest BCUT2D eigenvalue weighted by Crippen LogP contribution is 2.26. The van der Waals surface area contributed by atoms with E-state index >= 15 is 0 Å². The van der Waals surface area contributed by atoms with Gasteiger partial charge in [-0.25, -0.2) is 9.38 Å². The zero-order valence-corrected chi connectivity index (χ0v) is 18.7. The molecule has 0 aliphatic rings. The van der Waals surface area contributed by atoms with Gasteiger partial charge in [0, 0.05) is 16.1 Å². The maximum atomic E-state index is 13.5. The fourth-order valence-corrected chi connectivity index (χ4v) is 3.64. The van der Waals surface area contributed by atoms with Crippen LogP contribution in [0.5, 0.6) is 0 Å². The van der Waals surface area contributed by atoms with E-state index in [-0.39, 0.29) is 11.7 Å². The Morgan fingerprint density at radius 1 is 0.765 bits per heavy atom. The molecule has 0 aliphatic carbocycles. The molecule has 1 atom stereocenters. The molecule has 0 spiro atoms. The fourth-order valence-electron chi connectivity index (χ4n) is 3.51. The van der Waals surface area contributed by atoms with Gasteiger partial charge in [0.05, 0.1) is 17.9 Å². The summed E-state index contributed by atoms with van der Waals surface area (Å²) in [6.45, 7) is 0. The molecule has 0 fully saturated rings. The second kappa shape index (κ2) is 10.7. The van der Waals surface area contributed by atoms with Crippen LogP contribution in [0.2, 0.25) is 5.02 Å². The van der Waals surface area contributed by atoms with Crippen LogP contribution in [0.25, 0.3) is 0 Å². The zero-order valence-electron chi connectivity index (χ0n) is 18.0. The molecule has 1 N–H and O–H groups in total. The molecule has 0 heterocycles. The van der Waals surface area contributed by atoms with Crippen molar-refractivity contribution in [3.8, 4) is 0 Å². The minimum atomic E-state index is -0.724. The van der Waals surface area contributed by atoms with E-state index in [2.05, 4.69) is 10.3 Å². The van der Waals surface area contributed by atoms with Gasteiger partial charge < -0.3 is 5.32 Å². The van der Waals surface area contributed by atoms with E-state index < -0.39 is 11.7 Å². The summed E-state index contributed by atoms with van der Waals surface area (Å²) in [5.41, 5.74) is 3.00. The quantitative estimate of drug-likeness (QED) is 0.195. The van der Waals surface area contributed by atoms with E-state index in [4.69, 9.17) is 11.6 Å². The lowest BCUT2D eigenvalue weighted by molar-refractivity contribution is -0.120. The zero-order chi connectivity index (χ0) is 23.9. The maximum absolute atomic E-state index is 13.5. The monoisotopic (exact) mass is 470 g/mol. The minimum Gasteiger partial charge on any atom is -0.316 e. The first-order valence-electron chi connectivity index (χ1n) is 10.5. The van der Waals surface area contributed by atoms with Crippen LogP contribution in [0, 0.1) is 5.82 Å². The lowest BCUT2D eigenvalue weighted by Gasteiger charge is -2.17. The van der Waals surface area contributed by atoms with Crippen LogP contribution in [0.3, 0.4) is 0 Å². The summed E-state index contributed by atoms with van der Waals surface area (Å²) in [6.07, 6.45) is 1.31. The second-order valence-electron chi connectivity index (χ2n) is 7.54. The molecule has 0 radical (unpaired) electrons. The second-order valence-corrected chi connectivity index (χ2v) is 7.98. The number of benzene rings is 4. The number of hydrogen-bond donors (Lipinski definition) is 1. The van der Waals surface area contributed by atoms with E-state index in [1.165, 1.54) is 18.5 Å². The van der Waals surface area contributed by atoms with Crippen LogP contribution in [0.1, 0.15) is 33.0 Å². The Bertz CT molecular complexity index is 1300. The van der Waals surface area contributed by atoms with E-state index in [1.807, 2.05) is 18.2 Å². The molecule has 0 bridgehead atoms. The van der Waals surface area contributed by atoms with Crippen LogP contribution >= 0.6 is 11.6 Å². The summed E-state index contributed by atoms with van der Waals surface area (Å²) in [7, 11) is 0. The number of amides is 1. The molecule has 1 amide bonds. The van der Waals surface area contributed by atoms with Crippen molar-refractivity contribution in [2.75, 3.05) is 0 Å². The summed E-state index contributed by atoms with van der Waals surface area (Å²) in [5.74, 6) is -1.56. The van der Waals surface area contributed by atoms with Crippen molar-refractivity contribution in [3.05, 3.63) is 136 Å². The molecular weight excluding hydrogens is 451 g/mol. The average Bonchev–Trinajstić information content (AvgIpc) is 2.87. The van der Waals surface area contributed by atoms with Crippen LogP contribution in [0.4, 0.5) is 10.1 Å². The van der Waals surface area contributed by atoms with Gasteiger partial charge >= 0.3 is 0 Å². The van der Waals surface area contributed by atoms with Crippen molar-refractivity contribution < 1.29 is 14.0 Å². The molecule has 0 saturated carbocycles. The number of aliphatic imine (C=N–C) groups is 1. The highest BCUT2D eigenvalue weighted by Gasteiger charge is 2.23. The van der Waals surface area contributed by atoms with E-state index in [0.29, 0.717) is 33.0 Å². The van der Waals surface area contributed by atoms with Crippen LogP contribution in [0.15, 0.2) is 108 Å². The third kappa shape index (κ3) is 5.63. The Morgan fingerprint density at radius 2 is 1.32 bits per heavy atom. The molecule has 168 valence electrons. The molecule has 4 nitrogen and oxygen atoms in total. The standard InChI is InChI=1S/C28H20ClFN2O2/c29-23-12-16-25(17-13-23)31-18-32-28(34)26(20-10-14-24(30)15-11-20)19-6-8-22(9-7-19)27(33)21-4-2-1-3-5-21/h1-18,26H,(H,31,32,34)/t26-/m1/s1. The summed E-state index contributed by atoms with van der Waals surface area (Å²) >= 11 is 5.88. The molecule has 0 saturated heterocycles. The van der Waals surface area contributed by atoms with Crippen molar-refractivity contribution in [1.82, 2.24) is 5.32 Å². The Morgan fingerprint density at radius 3 is 1.94 bits per heavy atom. The first-order valence-corrected chi connectivity index (χ1v) is 10.9. The minimum absolute atomic E-state index is 0.106. The molecule has 4 aromatic carbocycles. The predicted octanol–water partition coefficient (Wildman–Crippen LogP) is 6.32. The van der Waals surface area contributed by atoms with Gasteiger partial charge in [0.25, 0.3) is 0 Å². The summed E-state index contributed by atoms with van der Waals surface area (Å²) in [6, 6.07) is 28.4.